The minimum absolute atomic E-state index is 0.690. The second kappa shape index (κ2) is 3.58. The van der Waals surface area contributed by atoms with Crippen LogP contribution in [0, 0.1) is 0 Å². The lowest BCUT2D eigenvalue weighted by Gasteiger charge is -1.96. The van der Waals surface area contributed by atoms with E-state index in [1.807, 2.05) is 0 Å². The van der Waals surface area contributed by atoms with E-state index in [0.29, 0.717) is 5.66 Å². The van der Waals surface area contributed by atoms with Crippen LogP contribution in [0.15, 0.2) is 0 Å². The summed E-state index contributed by atoms with van der Waals surface area (Å²) in [7, 11) is 2.70. The van der Waals surface area contributed by atoms with Crippen molar-refractivity contribution >= 4 is 9.24 Å². The van der Waals surface area contributed by atoms with Crippen molar-refractivity contribution in [3.05, 3.63) is 0 Å². The SMILES string of the molecule is CC(P)CCN. The van der Waals surface area contributed by atoms with Crippen molar-refractivity contribution in [2.24, 2.45) is 5.73 Å². The molecule has 0 aromatic rings. The van der Waals surface area contributed by atoms with Gasteiger partial charge >= 0.3 is 0 Å². The first-order chi connectivity index (χ1) is 2.77. The number of rotatable bonds is 2. The predicted octanol–water partition coefficient (Wildman–Crippen LogP) is 0.599. The molecule has 38 valence electrons. The van der Waals surface area contributed by atoms with Crippen LogP contribution in [0.3, 0.4) is 0 Å². The third-order valence-electron chi connectivity index (χ3n) is 0.622. The fourth-order valence-corrected chi connectivity index (χ4v) is 0.455. The maximum Gasteiger partial charge on any atom is -0.00715 e. The van der Waals surface area contributed by atoms with Crippen LogP contribution >= 0.6 is 9.24 Å². The molecule has 2 atom stereocenters. The highest BCUT2D eigenvalue weighted by Crippen LogP contribution is 1.99. The first kappa shape index (κ1) is 6.39. The first-order valence-corrected chi connectivity index (χ1v) is 2.89. The van der Waals surface area contributed by atoms with E-state index in [-0.39, 0.29) is 0 Å². The predicted molar refractivity (Wildman–Crippen MR) is 32.8 cm³/mol. The Morgan fingerprint density at radius 1 is 1.83 bits per heavy atom. The van der Waals surface area contributed by atoms with Crippen LogP contribution < -0.4 is 5.73 Å². The molecule has 6 heavy (non-hydrogen) atoms. The number of hydrogen-bond acceptors (Lipinski definition) is 1. The lowest BCUT2D eigenvalue weighted by atomic mass is 10.3. The lowest BCUT2D eigenvalue weighted by molar-refractivity contribution is 0.824. The fourth-order valence-electron chi connectivity index (χ4n) is 0.263. The van der Waals surface area contributed by atoms with Gasteiger partial charge in [0.15, 0.2) is 0 Å². The summed E-state index contributed by atoms with van der Waals surface area (Å²) < 4.78 is 0. The van der Waals surface area contributed by atoms with Gasteiger partial charge in [0.25, 0.3) is 0 Å². The molecule has 2 heteroatoms. The Kier molecular flexibility index (Phi) is 3.81. The maximum atomic E-state index is 5.22. The quantitative estimate of drug-likeness (QED) is 0.511. The standard InChI is InChI=1S/C4H12NP/c1-4(6)2-3-5/h4H,2-3,5-6H2,1H3. The monoisotopic (exact) mass is 105 g/mol. The van der Waals surface area contributed by atoms with E-state index >= 15 is 0 Å². The summed E-state index contributed by atoms with van der Waals surface area (Å²) in [5.41, 5.74) is 5.91. The van der Waals surface area contributed by atoms with Gasteiger partial charge < -0.3 is 5.73 Å². The van der Waals surface area contributed by atoms with Crippen molar-refractivity contribution in [1.29, 1.82) is 0 Å². The highest BCUT2D eigenvalue weighted by atomic mass is 31.0. The molecule has 0 aliphatic rings. The summed E-state index contributed by atoms with van der Waals surface area (Å²) in [6, 6.07) is 0. The van der Waals surface area contributed by atoms with E-state index in [0.717, 1.165) is 13.0 Å². The Hall–Kier alpha value is 0.390. The third kappa shape index (κ3) is 4.39. The van der Waals surface area contributed by atoms with Gasteiger partial charge in [-0.1, -0.05) is 6.92 Å². The van der Waals surface area contributed by atoms with Crippen molar-refractivity contribution in [3.8, 4) is 0 Å². The maximum absolute atomic E-state index is 5.22. The highest BCUT2D eigenvalue weighted by molar-refractivity contribution is 7.17. The van der Waals surface area contributed by atoms with Gasteiger partial charge in [-0.05, 0) is 18.6 Å². The largest absolute Gasteiger partial charge is 0.330 e. The summed E-state index contributed by atoms with van der Waals surface area (Å²) in [6.45, 7) is 2.95. The van der Waals surface area contributed by atoms with Crippen LogP contribution in [0.4, 0.5) is 0 Å². The van der Waals surface area contributed by atoms with Gasteiger partial charge in [0, 0.05) is 0 Å². The molecule has 0 amide bonds. The molecule has 0 spiro atoms. The average molecular weight is 105 g/mol. The van der Waals surface area contributed by atoms with Gasteiger partial charge in [-0.3, -0.25) is 0 Å². The second-order valence-electron chi connectivity index (χ2n) is 1.55. The molecule has 1 nitrogen and oxygen atoms in total. The smallest absolute Gasteiger partial charge is 0.00715 e. The van der Waals surface area contributed by atoms with E-state index in [1.54, 1.807) is 0 Å². The summed E-state index contributed by atoms with van der Waals surface area (Å²) >= 11 is 0. The highest BCUT2D eigenvalue weighted by Gasteiger charge is 1.85. The van der Waals surface area contributed by atoms with Crippen LogP contribution in [0.25, 0.3) is 0 Å². The van der Waals surface area contributed by atoms with Crippen molar-refractivity contribution in [2.45, 2.75) is 19.0 Å². The van der Waals surface area contributed by atoms with E-state index in [9.17, 15) is 0 Å². The van der Waals surface area contributed by atoms with Crippen LogP contribution in [-0.4, -0.2) is 12.2 Å². The molecule has 0 saturated heterocycles. The Balaban J connectivity index is 2.63. The van der Waals surface area contributed by atoms with Gasteiger partial charge in [0.1, 0.15) is 0 Å². The van der Waals surface area contributed by atoms with E-state index in [1.165, 1.54) is 0 Å². The fraction of sp³-hybridized carbons (Fsp3) is 1.00. The zero-order valence-corrected chi connectivity index (χ0v) is 5.30. The van der Waals surface area contributed by atoms with Crippen molar-refractivity contribution in [2.75, 3.05) is 6.54 Å². The molecular weight excluding hydrogens is 93.0 g/mol. The van der Waals surface area contributed by atoms with Crippen LogP contribution in [0.2, 0.25) is 0 Å². The molecule has 2 N–H and O–H groups in total. The zero-order valence-electron chi connectivity index (χ0n) is 4.15. The lowest BCUT2D eigenvalue weighted by Crippen LogP contribution is -2.03. The molecule has 0 aromatic carbocycles. The van der Waals surface area contributed by atoms with Gasteiger partial charge in [0.05, 0.1) is 0 Å². The molecule has 0 radical (unpaired) electrons. The normalized spacial score (nSPS) is 14.5. The Bertz CT molecular complexity index is 28.7. The molecule has 0 fully saturated rings. The van der Waals surface area contributed by atoms with Gasteiger partial charge in [-0.25, -0.2) is 0 Å². The molecular formula is C4H12NP. The molecule has 0 saturated carbocycles. The van der Waals surface area contributed by atoms with Gasteiger partial charge in [-0.15, -0.1) is 9.24 Å². The summed E-state index contributed by atoms with van der Waals surface area (Å²) in [4.78, 5) is 0. The van der Waals surface area contributed by atoms with E-state index in [2.05, 4.69) is 16.2 Å². The molecule has 0 heterocycles. The average Bonchev–Trinajstić information content (AvgIpc) is 1.35. The molecule has 0 aliphatic carbocycles. The molecule has 0 aromatic heterocycles. The minimum Gasteiger partial charge on any atom is -0.330 e. The van der Waals surface area contributed by atoms with Crippen LogP contribution in [0.5, 0.6) is 0 Å². The molecule has 0 aliphatic heterocycles. The number of nitrogens with two attached hydrogens (primary N) is 1. The first-order valence-electron chi connectivity index (χ1n) is 2.23. The van der Waals surface area contributed by atoms with Crippen LogP contribution in [0.1, 0.15) is 13.3 Å². The third-order valence-corrected chi connectivity index (χ3v) is 0.955. The number of hydrogen-bond donors (Lipinski definition) is 1. The summed E-state index contributed by atoms with van der Waals surface area (Å²) in [5, 5.41) is 0. The van der Waals surface area contributed by atoms with E-state index < -0.39 is 0 Å². The van der Waals surface area contributed by atoms with Crippen molar-refractivity contribution in [3.63, 3.8) is 0 Å². The molecule has 0 bridgehead atoms. The topological polar surface area (TPSA) is 26.0 Å². The van der Waals surface area contributed by atoms with Crippen molar-refractivity contribution in [1.82, 2.24) is 0 Å². The Labute approximate surface area is 41.5 Å². The summed E-state index contributed by atoms with van der Waals surface area (Å²) in [5.74, 6) is 0. The Morgan fingerprint density at radius 2 is 2.33 bits per heavy atom. The Morgan fingerprint density at radius 3 is 2.33 bits per heavy atom. The second-order valence-corrected chi connectivity index (χ2v) is 2.69. The van der Waals surface area contributed by atoms with E-state index in [4.69, 9.17) is 5.73 Å². The summed E-state index contributed by atoms with van der Waals surface area (Å²) in [6.07, 6.45) is 1.12. The minimum atomic E-state index is 0.690. The zero-order chi connectivity index (χ0) is 4.99. The van der Waals surface area contributed by atoms with Gasteiger partial charge in [0.2, 0.25) is 0 Å². The molecule has 2 unspecified atom stereocenters. The molecule has 0 rings (SSSR count). The van der Waals surface area contributed by atoms with Gasteiger partial charge in [-0.2, -0.15) is 0 Å². The van der Waals surface area contributed by atoms with Crippen LogP contribution in [-0.2, 0) is 0 Å². The van der Waals surface area contributed by atoms with Crippen molar-refractivity contribution < 1.29 is 0 Å².